The third-order valence-electron chi connectivity index (χ3n) is 2.70. The van der Waals surface area contributed by atoms with Crippen LogP contribution in [0.5, 0.6) is 0 Å². The smallest absolute Gasteiger partial charge is 0.347 e. The standard InChI is InChI=1S/C15H22O5/c1-6-8-15(13(17)20-14(3,4)5)11(16)10-12(19-15)18-9-7-2/h6-7,12H,1-2,8-10H2,3-5H3/t12-,15+/m0/s1. The van der Waals surface area contributed by atoms with Crippen molar-refractivity contribution < 1.29 is 23.8 Å². The number of ketones is 1. The highest BCUT2D eigenvalue weighted by Crippen LogP contribution is 2.33. The summed E-state index contributed by atoms with van der Waals surface area (Å²) in [6, 6.07) is 0. The maximum Gasteiger partial charge on any atom is 0.347 e. The van der Waals surface area contributed by atoms with E-state index in [1.165, 1.54) is 6.08 Å². The lowest BCUT2D eigenvalue weighted by Gasteiger charge is -2.29. The molecule has 1 fully saturated rings. The predicted octanol–water partition coefficient (Wildman–Crippen LogP) is 2.16. The van der Waals surface area contributed by atoms with Gasteiger partial charge in [0.1, 0.15) is 5.60 Å². The Kier molecular flexibility index (Phi) is 5.25. The van der Waals surface area contributed by atoms with Crippen LogP contribution in [0.4, 0.5) is 0 Å². The van der Waals surface area contributed by atoms with Crippen molar-refractivity contribution in [1.29, 1.82) is 0 Å². The minimum absolute atomic E-state index is 0.0148. The van der Waals surface area contributed by atoms with Crippen molar-refractivity contribution in [3.8, 4) is 0 Å². The highest BCUT2D eigenvalue weighted by Gasteiger charge is 2.55. The molecule has 0 aromatic carbocycles. The van der Waals surface area contributed by atoms with Crippen molar-refractivity contribution in [1.82, 2.24) is 0 Å². The fourth-order valence-electron chi connectivity index (χ4n) is 1.89. The van der Waals surface area contributed by atoms with Gasteiger partial charge in [-0.1, -0.05) is 12.2 Å². The summed E-state index contributed by atoms with van der Waals surface area (Å²) in [6.07, 6.45) is 2.34. The van der Waals surface area contributed by atoms with Crippen LogP contribution in [0.2, 0.25) is 0 Å². The monoisotopic (exact) mass is 282 g/mol. The zero-order chi connectivity index (χ0) is 15.4. The van der Waals surface area contributed by atoms with E-state index in [9.17, 15) is 9.59 Å². The van der Waals surface area contributed by atoms with E-state index in [1.807, 2.05) is 0 Å². The topological polar surface area (TPSA) is 61.8 Å². The fraction of sp³-hybridized carbons (Fsp3) is 0.600. The lowest BCUT2D eigenvalue weighted by molar-refractivity contribution is -0.202. The number of rotatable bonds is 6. The van der Waals surface area contributed by atoms with Gasteiger partial charge in [0.15, 0.2) is 12.1 Å². The first kappa shape index (κ1) is 16.6. The van der Waals surface area contributed by atoms with E-state index in [-0.39, 0.29) is 25.2 Å². The second-order valence-corrected chi connectivity index (χ2v) is 5.62. The highest BCUT2D eigenvalue weighted by molar-refractivity contribution is 6.09. The third-order valence-corrected chi connectivity index (χ3v) is 2.70. The van der Waals surface area contributed by atoms with Gasteiger partial charge in [0, 0.05) is 6.42 Å². The van der Waals surface area contributed by atoms with Gasteiger partial charge in [-0.05, 0) is 20.8 Å². The number of hydrogen-bond donors (Lipinski definition) is 0. The van der Waals surface area contributed by atoms with Crippen LogP contribution >= 0.6 is 0 Å². The molecule has 2 atom stereocenters. The molecule has 20 heavy (non-hydrogen) atoms. The Bertz CT molecular complexity index is 407. The van der Waals surface area contributed by atoms with Gasteiger partial charge >= 0.3 is 5.97 Å². The predicted molar refractivity (Wildman–Crippen MR) is 74.0 cm³/mol. The molecule has 0 amide bonds. The quantitative estimate of drug-likeness (QED) is 0.424. The second-order valence-electron chi connectivity index (χ2n) is 5.62. The van der Waals surface area contributed by atoms with Gasteiger partial charge < -0.3 is 14.2 Å². The minimum atomic E-state index is -1.64. The second kappa shape index (κ2) is 6.33. The van der Waals surface area contributed by atoms with Crippen molar-refractivity contribution in [2.24, 2.45) is 0 Å². The van der Waals surface area contributed by atoms with E-state index in [4.69, 9.17) is 14.2 Å². The Morgan fingerprint density at radius 2 is 2.10 bits per heavy atom. The normalized spacial score (nSPS) is 26.4. The molecule has 112 valence electrons. The summed E-state index contributed by atoms with van der Waals surface area (Å²) in [5, 5.41) is 0. The molecule has 5 heteroatoms. The largest absolute Gasteiger partial charge is 0.457 e. The van der Waals surface area contributed by atoms with E-state index in [0.29, 0.717) is 0 Å². The average molecular weight is 282 g/mol. The van der Waals surface area contributed by atoms with Gasteiger partial charge in [0.25, 0.3) is 0 Å². The van der Waals surface area contributed by atoms with E-state index < -0.39 is 23.5 Å². The highest BCUT2D eigenvalue weighted by atomic mass is 16.7. The maximum absolute atomic E-state index is 12.3. The first-order valence-corrected chi connectivity index (χ1v) is 6.53. The molecule has 0 radical (unpaired) electrons. The van der Waals surface area contributed by atoms with Crippen LogP contribution in [-0.4, -0.2) is 35.9 Å². The van der Waals surface area contributed by atoms with Crippen LogP contribution in [0.3, 0.4) is 0 Å². The van der Waals surface area contributed by atoms with Gasteiger partial charge in [-0.2, -0.15) is 0 Å². The first-order chi connectivity index (χ1) is 9.25. The van der Waals surface area contributed by atoms with Crippen LogP contribution in [0.15, 0.2) is 25.3 Å². The fourth-order valence-corrected chi connectivity index (χ4v) is 1.89. The molecule has 5 nitrogen and oxygen atoms in total. The Labute approximate surface area is 119 Å². The van der Waals surface area contributed by atoms with E-state index in [0.717, 1.165) is 0 Å². The SMILES string of the molecule is C=CCO[C@@H]1CC(=O)[C@](CC=C)(C(=O)OC(C)(C)C)O1. The van der Waals surface area contributed by atoms with Crippen molar-refractivity contribution in [2.75, 3.05) is 6.61 Å². The van der Waals surface area contributed by atoms with Crippen LogP contribution in [0.1, 0.15) is 33.6 Å². The van der Waals surface area contributed by atoms with Crippen molar-refractivity contribution in [3.05, 3.63) is 25.3 Å². The van der Waals surface area contributed by atoms with Gasteiger partial charge in [-0.15, -0.1) is 13.2 Å². The van der Waals surface area contributed by atoms with E-state index >= 15 is 0 Å². The third kappa shape index (κ3) is 3.77. The molecule has 1 aliphatic heterocycles. The summed E-state index contributed by atoms with van der Waals surface area (Å²) in [5.41, 5.74) is -2.34. The zero-order valence-electron chi connectivity index (χ0n) is 12.3. The number of Topliss-reactive ketones (excluding diaryl/α,β-unsaturated/α-hetero) is 1. The molecule has 1 heterocycles. The minimum Gasteiger partial charge on any atom is -0.457 e. The molecule has 0 aromatic heterocycles. The van der Waals surface area contributed by atoms with Crippen LogP contribution < -0.4 is 0 Å². The molecule has 1 saturated heterocycles. The maximum atomic E-state index is 12.3. The Balaban J connectivity index is 2.91. The number of carbonyl (C=O) groups is 2. The molecular formula is C15H22O5. The molecule has 1 aliphatic rings. The summed E-state index contributed by atoms with van der Waals surface area (Å²) in [6.45, 7) is 12.5. The average Bonchev–Trinajstić information content (AvgIpc) is 2.63. The van der Waals surface area contributed by atoms with Crippen LogP contribution in [-0.2, 0) is 23.8 Å². The lowest BCUT2D eigenvalue weighted by Crippen LogP contribution is -2.48. The Morgan fingerprint density at radius 1 is 1.45 bits per heavy atom. The first-order valence-electron chi connectivity index (χ1n) is 6.53. The van der Waals surface area contributed by atoms with Crippen molar-refractivity contribution in [3.63, 3.8) is 0 Å². The summed E-state index contributed by atoms with van der Waals surface area (Å²) in [4.78, 5) is 24.5. The lowest BCUT2D eigenvalue weighted by atomic mass is 9.94. The van der Waals surface area contributed by atoms with Gasteiger partial charge in [-0.3, -0.25) is 4.79 Å². The molecule has 0 saturated carbocycles. The number of hydrogen-bond acceptors (Lipinski definition) is 5. The van der Waals surface area contributed by atoms with Crippen LogP contribution in [0.25, 0.3) is 0 Å². The van der Waals surface area contributed by atoms with Gasteiger partial charge in [0.05, 0.1) is 13.0 Å². The van der Waals surface area contributed by atoms with Gasteiger partial charge in [0.2, 0.25) is 5.60 Å². The molecule has 0 bridgehead atoms. The molecule has 0 aromatic rings. The molecule has 0 N–H and O–H groups in total. The van der Waals surface area contributed by atoms with Crippen molar-refractivity contribution >= 4 is 11.8 Å². The summed E-state index contributed by atoms with van der Waals surface area (Å²) in [7, 11) is 0. The summed E-state index contributed by atoms with van der Waals surface area (Å²) in [5.74, 6) is -1.04. The Hall–Kier alpha value is -1.46. The van der Waals surface area contributed by atoms with E-state index in [1.54, 1.807) is 26.8 Å². The number of carbonyl (C=O) groups excluding carboxylic acids is 2. The molecule has 1 rings (SSSR count). The van der Waals surface area contributed by atoms with Crippen LogP contribution in [0, 0.1) is 0 Å². The molecule has 0 spiro atoms. The Morgan fingerprint density at radius 3 is 2.60 bits per heavy atom. The van der Waals surface area contributed by atoms with E-state index in [2.05, 4.69) is 13.2 Å². The van der Waals surface area contributed by atoms with Crippen molar-refractivity contribution in [2.45, 2.75) is 51.1 Å². The summed E-state index contributed by atoms with van der Waals surface area (Å²) >= 11 is 0. The zero-order valence-corrected chi connectivity index (χ0v) is 12.3. The number of esters is 1. The summed E-state index contributed by atoms with van der Waals surface area (Å²) < 4.78 is 16.1. The number of ether oxygens (including phenoxy) is 3. The molecular weight excluding hydrogens is 260 g/mol. The molecule has 0 aliphatic carbocycles. The van der Waals surface area contributed by atoms with Gasteiger partial charge in [-0.25, -0.2) is 4.79 Å². The molecule has 0 unspecified atom stereocenters.